The Balaban J connectivity index is 1.88. The van der Waals surface area contributed by atoms with Crippen LogP contribution in [0, 0.1) is 0 Å². The highest BCUT2D eigenvalue weighted by atomic mass is 32.2. The Hall–Kier alpha value is -1.79. The number of aromatic nitrogens is 2. The number of likely N-dealkylation sites (N-methyl/N-ethyl adjacent to an activating group) is 1. The summed E-state index contributed by atoms with van der Waals surface area (Å²) in [6.07, 6.45) is 3.68. The first-order chi connectivity index (χ1) is 11.2. The smallest absolute Gasteiger partial charge is 0.272 e. The van der Waals surface area contributed by atoms with Crippen molar-refractivity contribution in [2.45, 2.75) is 12.1 Å². The van der Waals surface area contributed by atoms with Crippen LogP contribution in [-0.4, -0.2) is 64.2 Å². The van der Waals surface area contributed by atoms with E-state index in [1.165, 1.54) is 0 Å². The highest BCUT2D eigenvalue weighted by molar-refractivity contribution is 7.98. The largest absolute Gasteiger partial charge is 0.335 e. The predicted octanol–water partition coefficient (Wildman–Crippen LogP) is 2.37. The number of thioether (sulfide) groups is 1. The van der Waals surface area contributed by atoms with Crippen LogP contribution in [0.25, 0.3) is 5.69 Å². The fraction of sp³-hybridized carbons (Fsp3) is 0.412. The number of hydrogen-bond acceptors (Lipinski definition) is 4. The van der Waals surface area contributed by atoms with Gasteiger partial charge in [0.25, 0.3) is 5.91 Å². The summed E-state index contributed by atoms with van der Waals surface area (Å²) < 4.78 is 1.96. The zero-order valence-corrected chi connectivity index (χ0v) is 14.4. The minimum Gasteiger partial charge on any atom is -0.335 e. The molecule has 0 radical (unpaired) electrons. The molecule has 2 aromatic rings. The molecule has 23 heavy (non-hydrogen) atoms. The van der Waals surface area contributed by atoms with Crippen molar-refractivity contribution in [3.05, 3.63) is 42.2 Å². The summed E-state index contributed by atoms with van der Waals surface area (Å²) in [6, 6.07) is 9.95. The van der Waals surface area contributed by atoms with Crippen molar-refractivity contribution >= 4 is 17.7 Å². The zero-order valence-electron chi connectivity index (χ0n) is 13.6. The lowest BCUT2D eigenvalue weighted by Crippen LogP contribution is -2.48. The van der Waals surface area contributed by atoms with E-state index < -0.39 is 0 Å². The summed E-state index contributed by atoms with van der Waals surface area (Å²) in [5.74, 6) is 0.0670. The normalized spacial score (nSPS) is 15.8. The zero-order chi connectivity index (χ0) is 16.2. The highest BCUT2D eigenvalue weighted by Gasteiger charge is 2.25. The quantitative estimate of drug-likeness (QED) is 0.807. The molecule has 1 aliphatic rings. The van der Waals surface area contributed by atoms with E-state index in [9.17, 15) is 4.79 Å². The second-order valence-electron chi connectivity index (χ2n) is 5.53. The van der Waals surface area contributed by atoms with Crippen molar-refractivity contribution < 1.29 is 4.79 Å². The van der Waals surface area contributed by atoms with E-state index in [0.717, 1.165) is 43.6 Å². The van der Waals surface area contributed by atoms with Gasteiger partial charge in [-0.05, 0) is 24.9 Å². The lowest BCUT2D eigenvalue weighted by atomic mass is 10.2. The van der Waals surface area contributed by atoms with Gasteiger partial charge in [0, 0.05) is 31.9 Å². The number of benzene rings is 1. The molecule has 0 atom stereocenters. The Morgan fingerprint density at radius 2 is 1.87 bits per heavy atom. The molecule has 1 aromatic heterocycles. The van der Waals surface area contributed by atoms with Gasteiger partial charge in [0.1, 0.15) is 5.69 Å². The molecule has 6 heteroatoms. The maximum Gasteiger partial charge on any atom is 0.272 e. The summed E-state index contributed by atoms with van der Waals surface area (Å²) in [7, 11) is 0. The predicted molar refractivity (Wildman–Crippen MR) is 93.4 cm³/mol. The molecule has 0 aliphatic carbocycles. The van der Waals surface area contributed by atoms with Crippen LogP contribution in [0.5, 0.6) is 0 Å². The second-order valence-corrected chi connectivity index (χ2v) is 6.30. The fourth-order valence-electron chi connectivity index (χ4n) is 2.89. The third-order valence-corrected chi connectivity index (χ3v) is 4.91. The van der Waals surface area contributed by atoms with Crippen LogP contribution < -0.4 is 0 Å². The van der Waals surface area contributed by atoms with Gasteiger partial charge in [0.15, 0.2) is 5.16 Å². The van der Waals surface area contributed by atoms with Crippen LogP contribution >= 0.6 is 11.8 Å². The number of amides is 1. The molecule has 5 nitrogen and oxygen atoms in total. The van der Waals surface area contributed by atoms with Crippen molar-refractivity contribution in [2.24, 2.45) is 0 Å². The van der Waals surface area contributed by atoms with Crippen LogP contribution in [0.2, 0.25) is 0 Å². The first-order valence-electron chi connectivity index (χ1n) is 7.93. The van der Waals surface area contributed by atoms with Crippen LogP contribution in [0.1, 0.15) is 17.4 Å². The maximum atomic E-state index is 13.0. The first kappa shape index (κ1) is 16.1. The lowest BCUT2D eigenvalue weighted by Gasteiger charge is -2.34. The van der Waals surface area contributed by atoms with Crippen LogP contribution in [-0.2, 0) is 0 Å². The Bertz CT molecular complexity index is 662. The number of imidazole rings is 1. The number of hydrogen-bond donors (Lipinski definition) is 0. The molecule has 0 bridgehead atoms. The third-order valence-electron chi connectivity index (χ3n) is 4.25. The van der Waals surface area contributed by atoms with Gasteiger partial charge in [0.05, 0.1) is 6.20 Å². The Kier molecular flexibility index (Phi) is 5.03. The van der Waals surface area contributed by atoms with Crippen molar-refractivity contribution in [2.75, 3.05) is 39.0 Å². The number of rotatable bonds is 4. The molecule has 122 valence electrons. The fourth-order valence-corrected chi connectivity index (χ4v) is 3.43. The summed E-state index contributed by atoms with van der Waals surface area (Å²) in [5.41, 5.74) is 1.62. The Morgan fingerprint density at radius 1 is 1.17 bits per heavy atom. The van der Waals surface area contributed by atoms with Crippen molar-refractivity contribution in [1.29, 1.82) is 0 Å². The molecule has 1 fully saturated rings. The Morgan fingerprint density at radius 3 is 2.48 bits per heavy atom. The Labute approximate surface area is 141 Å². The highest BCUT2D eigenvalue weighted by Crippen LogP contribution is 2.23. The van der Waals surface area contributed by atoms with E-state index >= 15 is 0 Å². The van der Waals surface area contributed by atoms with Crippen molar-refractivity contribution in [3.63, 3.8) is 0 Å². The average molecular weight is 330 g/mol. The monoisotopic (exact) mass is 330 g/mol. The van der Waals surface area contributed by atoms with Crippen molar-refractivity contribution in [3.8, 4) is 5.69 Å². The molecule has 2 heterocycles. The van der Waals surface area contributed by atoms with Gasteiger partial charge >= 0.3 is 0 Å². The van der Waals surface area contributed by atoms with Gasteiger partial charge in [-0.15, -0.1) is 0 Å². The van der Waals surface area contributed by atoms with Crippen molar-refractivity contribution in [1.82, 2.24) is 19.4 Å². The van der Waals surface area contributed by atoms with E-state index in [1.807, 2.05) is 46.1 Å². The summed E-state index contributed by atoms with van der Waals surface area (Å²) in [5, 5.41) is 0.840. The van der Waals surface area contributed by atoms with E-state index in [1.54, 1.807) is 18.0 Å². The van der Waals surface area contributed by atoms with E-state index in [4.69, 9.17) is 0 Å². The SMILES string of the molecule is CCN1CCN(C(=O)c2cnc(SC)n2-c2ccccc2)CC1. The molecular formula is C17H22N4OS. The summed E-state index contributed by atoms with van der Waals surface area (Å²) >= 11 is 1.55. The lowest BCUT2D eigenvalue weighted by molar-refractivity contribution is 0.0635. The third kappa shape index (κ3) is 3.28. The molecule has 0 spiro atoms. The number of carbonyl (C=O) groups excluding carboxylic acids is 1. The second kappa shape index (κ2) is 7.19. The van der Waals surface area contributed by atoms with Gasteiger partial charge in [-0.2, -0.15) is 0 Å². The minimum atomic E-state index is 0.0670. The molecule has 1 aliphatic heterocycles. The van der Waals surface area contributed by atoms with Gasteiger partial charge in [-0.25, -0.2) is 4.98 Å². The average Bonchev–Trinajstić information content (AvgIpc) is 3.06. The minimum absolute atomic E-state index is 0.0670. The number of para-hydroxylation sites is 1. The topological polar surface area (TPSA) is 41.4 Å². The molecule has 1 aromatic carbocycles. The van der Waals surface area contributed by atoms with E-state index in [0.29, 0.717) is 5.69 Å². The number of carbonyl (C=O) groups is 1. The van der Waals surface area contributed by atoms with Crippen LogP contribution in [0.3, 0.4) is 0 Å². The van der Waals surface area contributed by atoms with Crippen LogP contribution in [0.15, 0.2) is 41.7 Å². The molecular weight excluding hydrogens is 308 g/mol. The van der Waals surface area contributed by atoms with Crippen LogP contribution in [0.4, 0.5) is 0 Å². The number of nitrogens with zero attached hydrogens (tertiary/aromatic N) is 4. The first-order valence-corrected chi connectivity index (χ1v) is 9.16. The summed E-state index contributed by atoms with van der Waals surface area (Å²) in [4.78, 5) is 21.7. The molecule has 1 amide bonds. The molecule has 0 N–H and O–H groups in total. The molecule has 3 rings (SSSR count). The summed E-state index contributed by atoms with van der Waals surface area (Å²) in [6.45, 7) is 6.64. The van der Waals surface area contributed by atoms with Gasteiger partial charge < -0.3 is 9.80 Å². The van der Waals surface area contributed by atoms with Gasteiger partial charge in [-0.1, -0.05) is 36.9 Å². The van der Waals surface area contributed by atoms with Gasteiger partial charge in [-0.3, -0.25) is 9.36 Å². The molecule has 0 saturated carbocycles. The standard InChI is InChI=1S/C17H22N4OS/c1-3-19-9-11-20(12-10-19)16(22)15-13-18-17(23-2)21(15)14-7-5-4-6-8-14/h4-8,13H,3,9-12H2,1-2H3. The molecule has 0 unspecified atom stereocenters. The maximum absolute atomic E-state index is 13.0. The molecule has 1 saturated heterocycles. The van der Waals surface area contributed by atoms with Gasteiger partial charge in [0.2, 0.25) is 0 Å². The van der Waals surface area contributed by atoms with E-state index in [-0.39, 0.29) is 5.91 Å². The number of piperazine rings is 1. The van der Waals surface area contributed by atoms with E-state index in [2.05, 4.69) is 16.8 Å².